The third kappa shape index (κ3) is 4.84. The molecule has 1 fully saturated rings. The Kier molecular flexibility index (Phi) is 5.66. The van der Waals surface area contributed by atoms with Gasteiger partial charge in [0.25, 0.3) is 0 Å². The number of benzene rings is 1. The largest absolute Gasteiger partial charge is 0.492 e. The zero-order valence-electron chi connectivity index (χ0n) is 10.7. The van der Waals surface area contributed by atoms with Crippen LogP contribution in [0, 0.1) is 0 Å². The molecule has 2 rings (SSSR count). The van der Waals surface area contributed by atoms with E-state index < -0.39 is 0 Å². The van der Waals surface area contributed by atoms with E-state index in [-0.39, 0.29) is 0 Å². The van der Waals surface area contributed by atoms with Crippen LogP contribution in [-0.2, 0) is 0 Å². The molecule has 0 unspecified atom stereocenters. The van der Waals surface area contributed by atoms with E-state index >= 15 is 0 Å². The first kappa shape index (κ1) is 14.3. The van der Waals surface area contributed by atoms with Crippen LogP contribution in [-0.4, -0.2) is 48.6 Å². The highest BCUT2D eigenvalue weighted by Gasteiger charge is 2.11. The monoisotopic (exact) mass is 299 g/mol. The fourth-order valence-corrected chi connectivity index (χ4v) is 2.78. The molecule has 0 aromatic heterocycles. The Bertz CT molecular complexity index is 418. The Hall–Kier alpha value is -1.07. The van der Waals surface area contributed by atoms with Crippen molar-refractivity contribution in [2.24, 2.45) is 10.7 Å². The number of ether oxygens (including phenoxy) is 1. The molecule has 0 radical (unpaired) electrons. The highest BCUT2D eigenvalue weighted by molar-refractivity contribution is 7.99. The summed E-state index contributed by atoms with van der Waals surface area (Å²) >= 11 is 7.75. The number of nitrogens with two attached hydrogens (primary N) is 1. The standard InChI is InChI=1S/C13H18ClN3OS/c14-11-1-3-12(4-2-11)18-8-5-16-13(15)17-6-9-19-10-7-17/h1-4H,5-10H2,(H2,15,16). The fourth-order valence-electron chi connectivity index (χ4n) is 1.75. The third-order valence-electron chi connectivity index (χ3n) is 2.78. The minimum absolute atomic E-state index is 0.519. The van der Waals surface area contributed by atoms with E-state index in [4.69, 9.17) is 22.1 Å². The molecule has 1 aliphatic rings. The maximum Gasteiger partial charge on any atom is 0.191 e. The average Bonchev–Trinajstić information content (AvgIpc) is 2.46. The lowest BCUT2D eigenvalue weighted by Crippen LogP contribution is -2.42. The van der Waals surface area contributed by atoms with E-state index in [1.807, 2.05) is 23.9 Å². The summed E-state index contributed by atoms with van der Waals surface area (Å²) in [5.41, 5.74) is 5.94. The van der Waals surface area contributed by atoms with Crippen molar-refractivity contribution in [2.45, 2.75) is 0 Å². The molecule has 0 amide bonds. The molecular weight excluding hydrogens is 282 g/mol. The van der Waals surface area contributed by atoms with E-state index in [0.717, 1.165) is 30.3 Å². The van der Waals surface area contributed by atoms with Gasteiger partial charge in [0.05, 0.1) is 6.54 Å². The predicted octanol–water partition coefficient (Wildman–Crippen LogP) is 2.08. The number of hydrogen-bond donors (Lipinski definition) is 1. The fraction of sp³-hybridized carbons (Fsp3) is 0.462. The van der Waals surface area contributed by atoms with Gasteiger partial charge in [-0.25, -0.2) is 4.99 Å². The van der Waals surface area contributed by atoms with Crippen molar-refractivity contribution in [3.63, 3.8) is 0 Å². The van der Waals surface area contributed by atoms with Crippen LogP contribution in [0.15, 0.2) is 29.3 Å². The Morgan fingerprint density at radius 2 is 2.00 bits per heavy atom. The smallest absolute Gasteiger partial charge is 0.191 e. The summed E-state index contributed by atoms with van der Waals surface area (Å²) in [5, 5.41) is 0.706. The highest BCUT2D eigenvalue weighted by Crippen LogP contribution is 2.15. The van der Waals surface area contributed by atoms with Gasteiger partial charge in [-0.3, -0.25) is 0 Å². The van der Waals surface area contributed by atoms with Crippen LogP contribution in [0.4, 0.5) is 0 Å². The van der Waals surface area contributed by atoms with Crippen LogP contribution in [0.25, 0.3) is 0 Å². The Morgan fingerprint density at radius 3 is 2.68 bits per heavy atom. The zero-order chi connectivity index (χ0) is 13.5. The summed E-state index contributed by atoms with van der Waals surface area (Å²) in [6.45, 7) is 3.05. The van der Waals surface area contributed by atoms with Gasteiger partial charge >= 0.3 is 0 Å². The summed E-state index contributed by atoms with van der Waals surface area (Å²) in [5.74, 6) is 3.67. The number of halogens is 1. The quantitative estimate of drug-likeness (QED) is 0.525. The Labute approximate surface area is 123 Å². The van der Waals surface area contributed by atoms with E-state index in [1.165, 1.54) is 0 Å². The maximum absolute atomic E-state index is 5.94. The zero-order valence-corrected chi connectivity index (χ0v) is 12.3. The molecule has 6 heteroatoms. The van der Waals surface area contributed by atoms with Gasteiger partial charge in [0, 0.05) is 29.6 Å². The number of guanidine groups is 1. The van der Waals surface area contributed by atoms with Crippen molar-refractivity contribution in [3.8, 4) is 5.75 Å². The summed E-state index contributed by atoms with van der Waals surface area (Å²) in [6.07, 6.45) is 0. The molecule has 19 heavy (non-hydrogen) atoms. The minimum atomic E-state index is 0.519. The maximum atomic E-state index is 5.94. The Morgan fingerprint density at radius 1 is 1.32 bits per heavy atom. The molecule has 0 bridgehead atoms. The van der Waals surface area contributed by atoms with Crippen molar-refractivity contribution in [3.05, 3.63) is 29.3 Å². The van der Waals surface area contributed by atoms with Gasteiger partial charge in [-0.2, -0.15) is 11.8 Å². The van der Waals surface area contributed by atoms with Crippen LogP contribution in [0.1, 0.15) is 0 Å². The SMILES string of the molecule is NC(=NCCOc1ccc(Cl)cc1)N1CCSCC1. The minimum Gasteiger partial charge on any atom is -0.492 e. The second-order valence-corrected chi connectivity index (χ2v) is 5.80. The van der Waals surface area contributed by atoms with E-state index in [0.29, 0.717) is 24.1 Å². The number of nitrogens with zero attached hydrogens (tertiary/aromatic N) is 2. The molecule has 1 aliphatic heterocycles. The number of aliphatic imine (C=N–C) groups is 1. The summed E-state index contributed by atoms with van der Waals surface area (Å²) in [6, 6.07) is 7.30. The van der Waals surface area contributed by atoms with Crippen LogP contribution >= 0.6 is 23.4 Å². The topological polar surface area (TPSA) is 50.9 Å². The number of rotatable bonds is 4. The highest BCUT2D eigenvalue weighted by atomic mass is 35.5. The first-order chi connectivity index (χ1) is 9.25. The first-order valence-corrected chi connectivity index (χ1v) is 7.80. The van der Waals surface area contributed by atoms with Gasteiger partial charge in [-0.15, -0.1) is 0 Å². The molecule has 1 saturated heterocycles. The van der Waals surface area contributed by atoms with Gasteiger partial charge in [-0.05, 0) is 24.3 Å². The summed E-state index contributed by atoms with van der Waals surface area (Å²) < 4.78 is 5.55. The van der Waals surface area contributed by atoms with Crippen LogP contribution in [0.3, 0.4) is 0 Å². The van der Waals surface area contributed by atoms with E-state index in [1.54, 1.807) is 12.1 Å². The van der Waals surface area contributed by atoms with Crippen molar-refractivity contribution in [1.29, 1.82) is 0 Å². The van der Waals surface area contributed by atoms with Gasteiger partial charge in [0.2, 0.25) is 0 Å². The molecule has 1 heterocycles. The van der Waals surface area contributed by atoms with Crippen LogP contribution in [0.5, 0.6) is 5.75 Å². The molecule has 0 aliphatic carbocycles. The molecule has 0 saturated carbocycles. The summed E-state index contributed by atoms with van der Waals surface area (Å²) in [7, 11) is 0. The predicted molar refractivity (Wildman–Crippen MR) is 82.3 cm³/mol. The van der Waals surface area contributed by atoms with Crippen LogP contribution in [0.2, 0.25) is 5.02 Å². The lowest BCUT2D eigenvalue weighted by molar-refractivity contribution is 0.327. The molecule has 0 atom stereocenters. The lowest BCUT2D eigenvalue weighted by atomic mass is 10.3. The molecule has 1 aromatic rings. The van der Waals surface area contributed by atoms with Crippen molar-refractivity contribution >= 4 is 29.3 Å². The van der Waals surface area contributed by atoms with Crippen molar-refractivity contribution in [2.75, 3.05) is 37.7 Å². The van der Waals surface area contributed by atoms with Gasteiger partial charge in [0.15, 0.2) is 5.96 Å². The van der Waals surface area contributed by atoms with Crippen molar-refractivity contribution in [1.82, 2.24) is 4.90 Å². The molecule has 1 aromatic carbocycles. The molecular formula is C13H18ClN3OS. The van der Waals surface area contributed by atoms with Crippen molar-refractivity contribution < 1.29 is 4.74 Å². The third-order valence-corrected chi connectivity index (χ3v) is 3.98. The van der Waals surface area contributed by atoms with E-state index in [2.05, 4.69) is 9.89 Å². The first-order valence-electron chi connectivity index (χ1n) is 6.27. The second-order valence-electron chi connectivity index (χ2n) is 4.14. The van der Waals surface area contributed by atoms with Gasteiger partial charge < -0.3 is 15.4 Å². The summed E-state index contributed by atoms with van der Waals surface area (Å²) in [4.78, 5) is 6.46. The van der Waals surface area contributed by atoms with E-state index in [9.17, 15) is 0 Å². The average molecular weight is 300 g/mol. The van der Waals surface area contributed by atoms with Gasteiger partial charge in [-0.1, -0.05) is 11.6 Å². The van der Waals surface area contributed by atoms with Crippen LogP contribution < -0.4 is 10.5 Å². The molecule has 104 valence electrons. The molecule has 4 nitrogen and oxygen atoms in total. The normalized spacial score (nSPS) is 16.5. The number of thioether (sulfide) groups is 1. The Balaban J connectivity index is 1.71. The molecule has 0 spiro atoms. The second kappa shape index (κ2) is 7.50. The lowest BCUT2D eigenvalue weighted by Gasteiger charge is -2.27. The number of hydrogen-bond acceptors (Lipinski definition) is 3. The van der Waals surface area contributed by atoms with Gasteiger partial charge in [0.1, 0.15) is 12.4 Å². The molecule has 2 N–H and O–H groups in total.